The van der Waals surface area contributed by atoms with Crippen molar-refractivity contribution in [3.8, 4) is 0 Å². The number of carbonyl (C=O) groups is 1. The number of carbonyl (C=O) groups excluding carboxylic acids is 1. The zero-order valence-electron chi connectivity index (χ0n) is 18.9. The lowest BCUT2D eigenvalue weighted by molar-refractivity contribution is 0.0946. The maximum absolute atomic E-state index is 13.4. The van der Waals surface area contributed by atoms with E-state index in [4.69, 9.17) is 0 Å². The van der Waals surface area contributed by atoms with Crippen LogP contribution in [0.1, 0.15) is 65.8 Å². The molecule has 0 unspecified atom stereocenters. The van der Waals surface area contributed by atoms with Crippen molar-refractivity contribution in [1.82, 2.24) is 15.2 Å². The highest BCUT2D eigenvalue weighted by molar-refractivity contribution is 7.09. The highest BCUT2D eigenvalue weighted by Crippen LogP contribution is 2.24. The van der Waals surface area contributed by atoms with E-state index in [0.29, 0.717) is 24.8 Å². The molecule has 0 radical (unpaired) electrons. The van der Waals surface area contributed by atoms with Crippen LogP contribution in [0.2, 0.25) is 0 Å². The van der Waals surface area contributed by atoms with Gasteiger partial charge in [0.05, 0.1) is 6.54 Å². The zero-order valence-corrected chi connectivity index (χ0v) is 19.7. The number of nitrogens with zero attached hydrogens (tertiary/aromatic N) is 2. The average molecular weight is 452 g/mol. The van der Waals surface area contributed by atoms with Crippen molar-refractivity contribution in [2.45, 2.75) is 64.7 Å². The predicted molar refractivity (Wildman–Crippen MR) is 127 cm³/mol. The van der Waals surface area contributed by atoms with Crippen LogP contribution in [0.15, 0.2) is 53.9 Å². The monoisotopic (exact) mass is 451 g/mol. The van der Waals surface area contributed by atoms with Crippen LogP contribution < -0.4 is 5.32 Å². The summed E-state index contributed by atoms with van der Waals surface area (Å²) in [6.07, 6.45) is 2.12. The van der Waals surface area contributed by atoms with E-state index in [2.05, 4.69) is 60.2 Å². The minimum atomic E-state index is -0.232. The van der Waals surface area contributed by atoms with Gasteiger partial charge in [0.1, 0.15) is 16.5 Å². The first-order valence-electron chi connectivity index (χ1n) is 11.1. The Morgan fingerprint density at radius 2 is 1.62 bits per heavy atom. The van der Waals surface area contributed by atoms with Crippen molar-refractivity contribution in [2.24, 2.45) is 0 Å². The molecule has 1 heterocycles. The third-order valence-electron chi connectivity index (χ3n) is 5.60. The number of hydrogen-bond acceptors (Lipinski definition) is 4. The second-order valence-corrected chi connectivity index (χ2v) is 10.5. The van der Waals surface area contributed by atoms with Crippen molar-refractivity contribution in [1.29, 1.82) is 0 Å². The number of thiazole rings is 1. The number of amides is 1. The van der Waals surface area contributed by atoms with Crippen molar-refractivity contribution >= 4 is 17.2 Å². The van der Waals surface area contributed by atoms with Gasteiger partial charge < -0.3 is 5.32 Å². The molecule has 1 fully saturated rings. The van der Waals surface area contributed by atoms with Gasteiger partial charge in [-0.15, -0.1) is 11.3 Å². The molecular weight excluding hydrogens is 421 g/mol. The molecule has 6 heteroatoms. The molecule has 32 heavy (non-hydrogen) atoms. The fraction of sp³-hybridized carbons (Fsp3) is 0.385. The average Bonchev–Trinajstić information content (AvgIpc) is 3.43. The van der Waals surface area contributed by atoms with Gasteiger partial charge in [0, 0.05) is 24.5 Å². The maximum atomic E-state index is 13.4. The van der Waals surface area contributed by atoms with Gasteiger partial charge in [-0.25, -0.2) is 9.37 Å². The Balaban J connectivity index is 1.48. The van der Waals surface area contributed by atoms with Crippen LogP contribution in [0.4, 0.5) is 4.39 Å². The Hall–Kier alpha value is -2.57. The second-order valence-electron chi connectivity index (χ2n) is 9.59. The van der Waals surface area contributed by atoms with E-state index in [1.807, 2.05) is 17.5 Å². The Morgan fingerprint density at radius 3 is 2.19 bits per heavy atom. The van der Waals surface area contributed by atoms with Crippen LogP contribution in [0.5, 0.6) is 0 Å². The molecule has 0 atom stereocenters. The van der Waals surface area contributed by atoms with E-state index in [-0.39, 0.29) is 17.1 Å². The molecule has 2 aromatic carbocycles. The zero-order chi connectivity index (χ0) is 22.7. The summed E-state index contributed by atoms with van der Waals surface area (Å²) in [6.45, 7) is 8.67. The number of benzene rings is 2. The molecule has 4 rings (SSSR count). The quantitative estimate of drug-likeness (QED) is 0.480. The molecular formula is C26H30FN3OS. The van der Waals surface area contributed by atoms with Gasteiger partial charge in [-0.3, -0.25) is 9.69 Å². The lowest BCUT2D eigenvalue weighted by atomic mass is 9.87. The highest BCUT2D eigenvalue weighted by Gasteiger charge is 2.25. The largest absolute Gasteiger partial charge is 0.348 e. The summed E-state index contributed by atoms with van der Waals surface area (Å²) < 4.78 is 13.4. The molecule has 4 nitrogen and oxygen atoms in total. The van der Waals surface area contributed by atoms with Gasteiger partial charge in [0.2, 0.25) is 0 Å². The van der Waals surface area contributed by atoms with Crippen LogP contribution >= 0.6 is 11.3 Å². The van der Waals surface area contributed by atoms with Crippen molar-refractivity contribution in [3.63, 3.8) is 0 Å². The maximum Gasteiger partial charge on any atom is 0.270 e. The molecule has 0 bridgehead atoms. The van der Waals surface area contributed by atoms with E-state index < -0.39 is 0 Å². The van der Waals surface area contributed by atoms with Crippen LogP contribution in [0, 0.1) is 5.82 Å². The lowest BCUT2D eigenvalue weighted by Gasteiger charge is -2.23. The Kier molecular flexibility index (Phi) is 6.72. The molecule has 168 valence electrons. The molecule has 1 aliphatic rings. The van der Waals surface area contributed by atoms with Crippen molar-refractivity contribution in [3.05, 3.63) is 87.1 Å². The summed E-state index contributed by atoms with van der Waals surface area (Å²) >= 11 is 1.51. The topological polar surface area (TPSA) is 45.2 Å². The van der Waals surface area contributed by atoms with Gasteiger partial charge in [-0.2, -0.15) is 0 Å². The Bertz CT molecular complexity index is 1050. The number of hydrogen-bond donors (Lipinski definition) is 1. The summed E-state index contributed by atoms with van der Waals surface area (Å²) in [4.78, 5) is 19.2. The van der Waals surface area contributed by atoms with Crippen LogP contribution in [0.3, 0.4) is 0 Å². The van der Waals surface area contributed by atoms with E-state index in [9.17, 15) is 9.18 Å². The Morgan fingerprint density at radius 1 is 1.03 bits per heavy atom. The third-order valence-corrected chi connectivity index (χ3v) is 6.43. The first kappa shape index (κ1) is 22.6. The number of nitrogens with one attached hydrogen (secondary N) is 1. The predicted octanol–water partition coefficient (Wildman–Crippen LogP) is 5.67. The third kappa shape index (κ3) is 6.24. The van der Waals surface area contributed by atoms with Crippen LogP contribution in [-0.4, -0.2) is 21.8 Å². The van der Waals surface area contributed by atoms with Crippen molar-refractivity contribution in [2.75, 3.05) is 0 Å². The summed E-state index contributed by atoms with van der Waals surface area (Å²) in [5.74, 6) is -0.317. The van der Waals surface area contributed by atoms with Gasteiger partial charge in [0.15, 0.2) is 0 Å². The standard InChI is InChI=1S/C26H30FN3OS/c1-26(2,3)20-8-4-18(5-9-20)14-30(15-19-6-10-21(27)11-7-19)16-24-29-23(17-32-24)25(31)28-22-12-13-22/h4-11,17,22H,12-16H2,1-3H3,(H,28,31). The molecule has 1 saturated carbocycles. The first-order chi connectivity index (χ1) is 15.3. The normalized spacial score (nSPS) is 14.0. The summed E-state index contributed by atoms with van der Waals surface area (Å²) in [6, 6.07) is 15.7. The minimum Gasteiger partial charge on any atom is -0.348 e. The summed E-state index contributed by atoms with van der Waals surface area (Å²) in [5, 5.41) is 5.73. The van der Waals surface area contributed by atoms with Crippen LogP contribution in [-0.2, 0) is 25.0 Å². The van der Waals surface area contributed by atoms with Gasteiger partial charge in [0.25, 0.3) is 5.91 Å². The van der Waals surface area contributed by atoms with Crippen LogP contribution in [0.25, 0.3) is 0 Å². The number of aromatic nitrogens is 1. The molecule has 0 saturated heterocycles. The van der Waals surface area contributed by atoms with E-state index >= 15 is 0 Å². The number of rotatable bonds is 8. The first-order valence-corrected chi connectivity index (χ1v) is 12.0. The van der Waals surface area contributed by atoms with Gasteiger partial charge >= 0.3 is 0 Å². The second kappa shape index (κ2) is 9.51. The SMILES string of the molecule is CC(C)(C)c1ccc(CN(Cc2ccc(F)cc2)Cc2nc(C(=O)NC3CC3)cs2)cc1. The molecule has 1 aromatic heterocycles. The Labute approximate surface area is 193 Å². The lowest BCUT2D eigenvalue weighted by Crippen LogP contribution is -2.26. The summed E-state index contributed by atoms with van der Waals surface area (Å²) in [7, 11) is 0. The summed E-state index contributed by atoms with van der Waals surface area (Å²) in [5.41, 5.74) is 4.17. The molecule has 0 spiro atoms. The molecule has 0 aliphatic heterocycles. The van der Waals surface area contributed by atoms with Gasteiger partial charge in [-0.05, 0) is 47.1 Å². The van der Waals surface area contributed by atoms with E-state index in [1.54, 1.807) is 0 Å². The fourth-order valence-electron chi connectivity index (χ4n) is 3.55. The van der Waals surface area contributed by atoms with E-state index in [1.165, 1.54) is 34.6 Å². The highest BCUT2D eigenvalue weighted by atomic mass is 32.1. The van der Waals surface area contributed by atoms with E-state index in [0.717, 1.165) is 30.0 Å². The minimum absolute atomic E-state index is 0.0853. The molecule has 1 amide bonds. The molecule has 1 N–H and O–H groups in total. The van der Waals surface area contributed by atoms with Gasteiger partial charge in [-0.1, -0.05) is 57.2 Å². The smallest absolute Gasteiger partial charge is 0.270 e. The molecule has 3 aromatic rings. The molecule has 1 aliphatic carbocycles. The number of halogens is 1. The fourth-order valence-corrected chi connectivity index (χ4v) is 4.37. The van der Waals surface area contributed by atoms with Crippen molar-refractivity contribution < 1.29 is 9.18 Å².